The third kappa shape index (κ3) is 2.88. The van der Waals surface area contributed by atoms with Crippen LogP contribution in [0.15, 0.2) is 16.2 Å². The molecule has 1 unspecified atom stereocenters. The molecule has 92 valence electrons. The zero-order chi connectivity index (χ0) is 12.4. The summed E-state index contributed by atoms with van der Waals surface area (Å²) in [6, 6.07) is 1.79. The first kappa shape index (κ1) is 12.6. The van der Waals surface area contributed by atoms with Gasteiger partial charge in [-0.1, -0.05) is 0 Å². The van der Waals surface area contributed by atoms with E-state index < -0.39 is 0 Å². The zero-order valence-electron chi connectivity index (χ0n) is 9.84. The van der Waals surface area contributed by atoms with Crippen molar-refractivity contribution >= 4 is 28.1 Å². The molecule has 0 saturated carbocycles. The average molecular weight is 269 g/mol. The minimum absolute atomic E-state index is 0.00477. The summed E-state index contributed by atoms with van der Waals surface area (Å²) in [6.07, 6.45) is 0. The molecular formula is C11H15N3OS2. The van der Waals surface area contributed by atoms with E-state index in [1.807, 2.05) is 19.2 Å². The van der Waals surface area contributed by atoms with Gasteiger partial charge < -0.3 is 5.73 Å². The number of rotatable bonds is 4. The Morgan fingerprint density at radius 3 is 3.12 bits per heavy atom. The van der Waals surface area contributed by atoms with Crippen LogP contribution >= 0.6 is 23.1 Å². The van der Waals surface area contributed by atoms with Crippen molar-refractivity contribution in [3.05, 3.63) is 33.2 Å². The van der Waals surface area contributed by atoms with Crippen molar-refractivity contribution in [2.75, 3.05) is 5.75 Å². The maximum absolute atomic E-state index is 11.9. The van der Waals surface area contributed by atoms with Crippen LogP contribution in [-0.4, -0.2) is 21.2 Å². The standard InChI is InChI=1S/C11H15N3OS2/c1-7(12)4-16-6-9-3-10(15)14-8(2)5-17-11(14)13-9/h3,5,7H,4,6,12H2,1-2H3. The van der Waals surface area contributed by atoms with Crippen LogP contribution in [0.1, 0.15) is 18.3 Å². The van der Waals surface area contributed by atoms with E-state index in [0.29, 0.717) is 0 Å². The van der Waals surface area contributed by atoms with Gasteiger partial charge in [0, 0.05) is 34.7 Å². The van der Waals surface area contributed by atoms with Crippen LogP contribution in [0.3, 0.4) is 0 Å². The van der Waals surface area contributed by atoms with E-state index in [4.69, 9.17) is 5.73 Å². The van der Waals surface area contributed by atoms with Gasteiger partial charge in [-0.25, -0.2) is 4.98 Å². The maximum atomic E-state index is 11.9. The normalized spacial score (nSPS) is 13.1. The number of thiazole rings is 1. The molecule has 6 heteroatoms. The molecular weight excluding hydrogens is 254 g/mol. The second-order valence-corrected chi connectivity index (χ2v) is 5.94. The molecule has 2 heterocycles. The number of thioether (sulfide) groups is 1. The molecule has 0 saturated heterocycles. The van der Waals surface area contributed by atoms with E-state index in [9.17, 15) is 4.79 Å². The number of nitrogens with zero attached hydrogens (tertiary/aromatic N) is 2. The second-order valence-electron chi connectivity index (χ2n) is 4.07. The molecule has 0 amide bonds. The highest BCUT2D eigenvalue weighted by atomic mass is 32.2. The highest BCUT2D eigenvalue weighted by Crippen LogP contribution is 2.14. The molecule has 2 aromatic rings. The van der Waals surface area contributed by atoms with Gasteiger partial charge in [-0.3, -0.25) is 9.20 Å². The van der Waals surface area contributed by atoms with Crippen LogP contribution in [0.25, 0.3) is 4.96 Å². The molecule has 2 rings (SSSR count). The average Bonchev–Trinajstić information content (AvgIpc) is 2.60. The highest BCUT2D eigenvalue weighted by molar-refractivity contribution is 7.98. The van der Waals surface area contributed by atoms with Crippen molar-refractivity contribution in [1.82, 2.24) is 9.38 Å². The predicted molar refractivity (Wildman–Crippen MR) is 73.9 cm³/mol. The van der Waals surface area contributed by atoms with E-state index in [1.54, 1.807) is 22.2 Å². The van der Waals surface area contributed by atoms with Crippen LogP contribution in [0.5, 0.6) is 0 Å². The third-order valence-corrected chi connectivity index (χ3v) is 4.46. The largest absolute Gasteiger partial charge is 0.327 e. The van der Waals surface area contributed by atoms with Gasteiger partial charge >= 0.3 is 0 Å². The topological polar surface area (TPSA) is 60.4 Å². The number of hydrogen-bond donors (Lipinski definition) is 1. The Balaban J connectivity index is 2.22. The molecule has 1 atom stereocenters. The monoisotopic (exact) mass is 269 g/mol. The van der Waals surface area contributed by atoms with Gasteiger partial charge in [-0.15, -0.1) is 11.3 Å². The van der Waals surface area contributed by atoms with Crippen molar-refractivity contribution in [3.8, 4) is 0 Å². The summed E-state index contributed by atoms with van der Waals surface area (Å²) in [6.45, 7) is 3.89. The summed E-state index contributed by atoms with van der Waals surface area (Å²) in [4.78, 5) is 17.1. The summed E-state index contributed by atoms with van der Waals surface area (Å²) in [5.41, 5.74) is 7.46. The molecule has 0 aliphatic heterocycles. The Kier molecular flexibility index (Phi) is 3.86. The summed E-state index contributed by atoms with van der Waals surface area (Å²) in [5.74, 6) is 1.62. The lowest BCUT2D eigenvalue weighted by molar-refractivity contribution is 0.846. The first-order chi connectivity index (χ1) is 8.08. The summed E-state index contributed by atoms with van der Waals surface area (Å²) < 4.78 is 1.64. The third-order valence-electron chi connectivity index (χ3n) is 2.26. The van der Waals surface area contributed by atoms with E-state index in [2.05, 4.69) is 4.98 Å². The lowest BCUT2D eigenvalue weighted by Crippen LogP contribution is -2.18. The molecule has 0 aromatic carbocycles. The van der Waals surface area contributed by atoms with E-state index in [-0.39, 0.29) is 11.6 Å². The van der Waals surface area contributed by atoms with Crippen molar-refractivity contribution in [3.63, 3.8) is 0 Å². The molecule has 2 aromatic heterocycles. The van der Waals surface area contributed by atoms with E-state index >= 15 is 0 Å². The Bertz CT molecular complexity index is 574. The number of nitrogens with two attached hydrogens (primary N) is 1. The Labute approximate surface area is 108 Å². The van der Waals surface area contributed by atoms with Crippen LogP contribution in [0, 0.1) is 6.92 Å². The Morgan fingerprint density at radius 1 is 1.65 bits per heavy atom. The molecule has 0 radical (unpaired) electrons. The van der Waals surface area contributed by atoms with Gasteiger partial charge in [0.05, 0.1) is 5.69 Å². The Morgan fingerprint density at radius 2 is 2.41 bits per heavy atom. The number of hydrogen-bond acceptors (Lipinski definition) is 5. The number of aryl methyl sites for hydroxylation is 1. The van der Waals surface area contributed by atoms with Gasteiger partial charge in [0.1, 0.15) is 0 Å². The fourth-order valence-corrected chi connectivity index (χ4v) is 3.26. The molecule has 0 aliphatic rings. The van der Waals surface area contributed by atoms with E-state index in [0.717, 1.165) is 27.9 Å². The minimum Gasteiger partial charge on any atom is -0.327 e. The van der Waals surface area contributed by atoms with Crippen molar-refractivity contribution in [2.45, 2.75) is 25.6 Å². The summed E-state index contributed by atoms with van der Waals surface area (Å²) in [7, 11) is 0. The molecule has 4 nitrogen and oxygen atoms in total. The number of aromatic nitrogens is 2. The van der Waals surface area contributed by atoms with Gasteiger partial charge in [-0.2, -0.15) is 11.8 Å². The van der Waals surface area contributed by atoms with Crippen molar-refractivity contribution in [1.29, 1.82) is 0 Å². The zero-order valence-corrected chi connectivity index (χ0v) is 11.5. The molecule has 0 spiro atoms. The second kappa shape index (κ2) is 5.20. The fraction of sp³-hybridized carbons (Fsp3) is 0.455. The highest BCUT2D eigenvalue weighted by Gasteiger charge is 2.06. The maximum Gasteiger partial charge on any atom is 0.258 e. The molecule has 0 aliphatic carbocycles. The first-order valence-electron chi connectivity index (χ1n) is 5.38. The lowest BCUT2D eigenvalue weighted by Gasteiger charge is -2.04. The molecule has 0 bridgehead atoms. The van der Waals surface area contributed by atoms with E-state index in [1.165, 1.54) is 11.3 Å². The summed E-state index contributed by atoms with van der Waals surface area (Å²) in [5, 5.41) is 1.95. The predicted octanol–water partition coefficient (Wildman–Crippen LogP) is 1.64. The summed E-state index contributed by atoms with van der Waals surface area (Å²) >= 11 is 3.21. The molecule has 2 N–H and O–H groups in total. The molecule has 17 heavy (non-hydrogen) atoms. The van der Waals surface area contributed by atoms with Crippen LogP contribution in [0.2, 0.25) is 0 Å². The molecule has 0 fully saturated rings. The Hall–Kier alpha value is -0.850. The lowest BCUT2D eigenvalue weighted by atomic mass is 10.4. The van der Waals surface area contributed by atoms with Crippen molar-refractivity contribution < 1.29 is 0 Å². The first-order valence-corrected chi connectivity index (χ1v) is 7.41. The number of fused-ring (bicyclic) bond motifs is 1. The van der Waals surface area contributed by atoms with Gasteiger partial charge in [0.25, 0.3) is 5.56 Å². The quantitative estimate of drug-likeness (QED) is 0.916. The smallest absolute Gasteiger partial charge is 0.258 e. The SMILES string of the molecule is Cc1csc2nc(CSCC(C)N)cc(=O)n12. The van der Waals surface area contributed by atoms with Crippen LogP contribution in [-0.2, 0) is 5.75 Å². The van der Waals surface area contributed by atoms with Crippen LogP contribution in [0.4, 0.5) is 0 Å². The van der Waals surface area contributed by atoms with Crippen LogP contribution < -0.4 is 11.3 Å². The van der Waals surface area contributed by atoms with Crippen molar-refractivity contribution in [2.24, 2.45) is 5.73 Å². The van der Waals surface area contributed by atoms with Gasteiger partial charge in [0.15, 0.2) is 4.96 Å². The minimum atomic E-state index is 0.00477. The van der Waals surface area contributed by atoms with Gasteiger partial charge in [0.2, 0.25) is 0 Å². The fourth-order valence-electron chi connectivity index (χ4n) is 1.52. The van der Waals surface area contributed by atoms with Gasteiger partial charge in [-0.05, 0) is 13.8 Å².